The maximum atomic E-state index is 11.4. The van der Waals surface area contributed by atoms with Gasteiger partial charge in [0.05, 0.1) is 12.8 Å². The number of nitrogens with zero attached hydrogens (tertiary/aromatic N) is 2. The predicted molar refractivity (Wildman–Crippen MR) is 56.1 cm³/mol. The third-order valence-electron chi connectivity index (χ3n) is 1.83. The van der Waals surface area contributed by atoms with E-state index in [1.54, 1.807) is 6.07 Å². The van der Waals surface area contributed by atoms with Crippen molar-refractivity contribution in [1.29, 1.82) is 0 Å². The highest BCUT2D eigenvalue weighted by Gasteiger charge is 2.10. The summed E-state index contributed by atoms with van der Waals surface area (Å²) >= 11 is 0. The van der Waals surface area contributed by atoms with Crippen molar-refractivity contribution in [3.63, 3.8) is 0 Å². The van der Waals surface area contributed by atoms with Crippen molar-refractivity contribution in [3.8, 4) is 0 Å². The zero-order valence-corrected chi connectivity index (χ0v) is 8.64. The van der Waals surface area contributed by atoms with Gasteiger partial charge < -0.3 is 9.73 Å². The molecular formula is C9H9N5O3. The first-order chi connectivity index (χ1) is 8.25. The van der Waals surface area contributed by atoms with Crippen LogP contribution in [-0.4, -0.2) is 33.5 Å². The molecule has 0 aliphatic heterocycles. The smallest absolute Gasteiger partial charge is 0.287 e. The molecule has 0 unspecified atom stereocenters. The second-order valence-corrected chi connectivity index (χ2v) is 3.04. The van der Waals surface area contributed by atoms with E-state index in [-0.39, 0.29) is 18.3 Å². The fourth-order valence-corrected chi connectivity index (χ4v) is 1.10. The Hall–Kier alpha value is -2.64. The molecule has 0 bridgehead atoms. The van der Waals surface area contributed by atoms with Crippen molar-refractivity contribution < 1.29 is 14.0 Å². The molecule has 0 aliphatic rings. The molecule has 88 valence electrons. The zero-order valence-electron chi connectivity index (χ0n) is 8.64. The SMILES string of the molecule is O=C(CNC(=O)c1ccco1)Nc1ncn[nH]1. The van der Waals surface area contributed by atoms with Gasteiger partial charge in [-0.2, -0.15) is 10.1 Å². The number of furan rings is 1. The van der Waals surface area contributed by atoms with Gasteiger partial charge in [0.25, 0.3) is 5.91 Å². The molecule has 0 spiro atoms. The lowest BCUT2D eigenvalue weighted by Crippen LogP contribution is -2.32. The summed E-state index contributed by atoms with van der Waals surface area (Å²) in [5.74, 6) is -0.496. The Balaban J connectivity index is 1.79. The number of carbonyl (C=O) groups excluding carboxylic acids is 2. The van der Waals surface area contributed by atoms with E-state index in [1.807, 2.05) is 0 Å². The molecular weight excluding hydrogens is 226 g/mol. The van der Waals surface area contributed by atoms with Gasteiger partial charge in [-0.05, 0) is 12.1 Å². The molecule has 2 rings (SSSR count). The number of hydrogen-bond acceptors (Lipinski definition) is 5. The maximum absolute atomic E-state index is 11.4. The molecule has 0 radical (unpaired) electrons. The molecule has 8 heteroatoms. The van der Waals surface area contributed by atoms with Crippen LogP contribution in [0.5, 0.6) is 0 Å². The quantitative estimate of drug-likeness (QED) is 0.677. The number of amides is 2. The van der Waals surface area contributed by atoms with Crippen LogP contribution in [-0.2, 0) is 4.79 Å². The topological polar surface area (TPSA) is 113 Å². The summed E-state index contributed by atoms with van der Waals surface area (Å²) in [6.07, 6.45) is 2.64. The first-order valence-electron chi connectivity index (χ1n) is 4.72. The normalized spacial score (nSPS) is 9.88. The molecule has 0 saturated heterocycles. The third-order valence-corrected chi connectivity index (χ3v) is 1.83. The molecule has 3 N–H and O–H groups in total. The van der Waals surface area contributed by atoms with E-state index >= 15 is 0 Å². The molecule has 0 fully saturated rings. The van der Waals surface area contributed by atoms with Crippen LogP contribution in [0, 0.1) is 0 Å². The Bertz CT molecular complexity index is 491. The predicted octanol–water partition coefficient (Wildman–Crippen LogP) is -0.234. The van der Waals surface area contributed by atoms with E-state index in [0.717, 1.165) is 0 Å². The zero-order chi connectivity index (χ0) is 12.1. The van der Waals surface area contributed by atoms with Crippen LogP contribution < -0.4 is 10.6 Å². The summed E-state index contributed by atoms with van der Waals surface area (Å²) in [6, 6.07) is 3.09. The van der Waals surface area contributed by atoms with E-state index in [0.29, 0.717) is 0 Å². The monoisotopic (exact) mass is 235 g/mol. The number of carbonyl (C=O) groups is 2. The molecule has 0 aliphatic carbocycles. The maximum Gasteiger partial charge on any atom is 0.287 e. The highest BCUT2D eigenvalue weighted by Crippen LogP contribution is 1.98. The van der Waals surface area contributed by atoms with Crippen molar-refractivity contribution in [1.82, 2.24) is 20.5 Å². The van der Waals surface area contributed by atoms with Gasteiger partial charge in [-0.3, -0.25) is 14.9 Å². The number of aromatic nitrogens is 3. The number of rotatable bonds is 4. The van der Waals surface area contributed by atoms with Crippen molar-refractivity contribution in [3.05, 3.63) is 30.5 Å². The lowest BCUT2D eigenvalue weighted by molar-refractivity contribution is -0.115. The van der Waals surface area contributed by atoms with Gasteiger partial charge in [-0.25, -0.2) is 5.10 Å². The van der Waals surface area contributed by atoms with E-state index in [9.17, 15) is 9.59 Å². The molecule has 2 aromatic heterocycles. The summed E-state index contributed by atoms with van der Waals surface area (Å²) in [4.78, 5) is 26.4. The lowest BCUT2D eigenvalue weighted by Gasteiger charge is -2.02. The Morgan fingerprint density at radius 1 is 1.47 bits per heavy atom. The summed E-state index contributed by atoms with van der Waals surface area (Å²) in [5.41, 5.74) is 0. The van der Waals surface area contributed by atoms with Crippen molar-refractivity contribution in [2.24, 2.45) is 0 Å². The minimum atomic E-state index is -0.456. The average molecular weight is 235 g/mol. The number of H-pyrrole nitrogens is 1. The summed E-state index contributed by atoms with van der Waals surface area (Å²) in [7, 11) is 0. The number of anilines is 1. The van der Waals surface area contributed by atoms with Crippen LogP contribution in [0.4, 0.5) is 5.95 Å². The van der Waals surface area contributed by atoms with Gasteiger partial charge >= 0.3 is 0 Å². The molecule has 2 amide bonds. The fourth-order valence-electron chi connectivity index (χ4n) is 1.10. The van der Waals surface area contributed by atoms with Crippen molar-refractivity contribution in [2.75, 3.05) is 11.9 Å². The van der Waals surface area contributed by atoms with Crippen molar-refractivity contribution in [2.45, 2.75) is 0 Å². The molecule has 0 aromatic carbocycles. The van der Waals surface area contributed by atoms with Crippen LogP contribution in [0.25, 0.3) is 0 Å². The average Bonchev–Trinajstić information content (AvgIpc) is 2.97. The highest BCUT2D eigenvalue weighted by molar-refractivity contribution is 5.97. The van der Waals surface area contributed by atoms with Gasteiger partial charge in [0.15, 0.2) is 5.76 Å². The number of hydrogen-bond donors (Lipinski definition) is 3. The number of nitrogens with one attached hydrogen (secondary N) is 3. The first-order valence-corrected chi connectivity index (χ1v) is 4.72. The largest absolute Gasteiger partial charge is 0.459 e. The van der Waals surface area contributed by atoms with Crippen LogP contribution in [0.2, 0.25) is 0 Å². The third kappa shape index (κ3) is 2.91. The minimum absolute atomic E-state index is 0.150. The molecule has 2 aromatic rings. The van der Waals surface area contributed by atoms with E-state index < -0.39 is 11.8 Å². The van der Waals surface area contributed by atoms with Crippen LogP contribution in [0.1, 0.15) is 10.6 Å². The number of aromatic amines is 1. The Kier molecular flexibility index (Phi) is 3.15. The van der Waals surface area contributed by atoms with Crippen LogP contribution in [0.15, 0.2) is 29.1 Å². The second-order valence-electron chi connectivity index (χ2n) is 3.04. The fraction of sp³-hybridized carbons (Fsp3) is 0.111. The molecule has 8 nitrogen and oxygen atoms in total. The van der Waals surface area contributed by atoms with Gasteiger partial charge in [0.2, 0.25) is 11.9 Å². The van der Waals surface area contributed by atoms with E-state index in [4.69, 9.17) is 4.42 Å². The minimum Gasteiger partial charge on any atom is -0.459 e. The Morgan fingerprint density at radius 2 is 2.35 bits per heavy atom. The van der Waals surface area contributed by atoms with Gasteiger partial charge in [0.1, 0.15) is 6.33 Å². The van der Waals surface area contributed by atoms with Crippen LogP contribution in [0.3, 0.4) is 0 Å². The van der Waals surface area contributed by atoms with E-state index in [2.05, 4.69) is 25.8 Å². The molecule has 0 atom stereocenters. The Morgan fingerprint density at radius 3 is 3.00 bits per heavy atom. The first kappa shape index (κ1) is 10.9. The van der Waals surface area contributed by atoms with Gasteiger partial charge in [-0.15, -0.1) is 0 Å². The molecule has 2 heterocycles. The van der Waals surface area contributed by atoms with Crippen LogP contribution >= 0.6 is 0 Å². The molecule has 17 heavy (non-hydrogen) atoms. The summed E-state index contributed by atoms with van der Waals surface area (Å²) < 4.78 is 4.86. The second kappa shape index (κ2) is 4.92. The van der Waals surface area contributed by atoms with E-state index in [1.165, 1.54) is 18.7 Å². The summed E-state index contributed by atoms with van der Waals surface area (Å²) in [5, 5.41) is 10.8. The standard InChI is InChI=1S/C9H9N5O3/c15-7(13-9-11-5-12-14-9)4-10-8(16)6-2-1-3-17-6/h1-3,5H,4H2,(H,10,16)(H2,11,12,13,14,15). The molecule has 0 saturated carbocycles. The summed E-state index contributed by atoms with van der Waals surface area (Å²) in [6.45, 7) is -0.180. The van der Waals surface area contributed by atoms with Gasteiger partial charge in [-0.1, -0.05) is 0 Å². The van der Waals surface area contributed by atoms with Crippen molar-refractivity contribution >= 4 is 17.8 Å². The Labute approximate surface area is 95.4 Å². The van der Waals surface area contributed by atoms with Gasteiger partial charge in [0, 0.05) is 0 Å². The highest BCUT2D eigenvalue weighted by atomic mass is 16.3. The lowest BCUT2D eigenvalue weighted by atomic mass is 10.4.